The standard InChI is InChI=1S/C13H12F3NO4/c1-20-11(19)9-7-21-12(13(14,15)16)17(9)10(18)8-5-3-2-4-6-8/h2-6,9,12H,7H2,1H3/t9-,12-/m0/s1. The topological polar surface area (TPSA) is 55.8 Å². The first kappa shape index (κ1) is 15.3. The van der Waals surface area contributed by atoms with Gasteiger partial charge in [-0.2, -0.15) is 13.2 Å². The van der Waals surface area contributed by atoms with Crippen molar-refractivity contribution in [1.82, 2.24) is 4.90 Å². The smallest absolute Gasteiger partial charge is 0.433 e. The zero-order valence-corrected chi connectivity index (χ0v) is 11.0. The molecule has 5 nitrogen and oxygen atoms in total. The highest BCUT2D eigenvalue weighted by molar-refractivity contribution is 5.97. The van der Waals surface area contributed by atoms with Crippen molar-refractivity contribution in [1.29, 1.82) is 0 Å². The van der Waals surface area contributed by atoms with E-state index in [2.05, 4.69) is 9.47 Å². The van der Waals surface area contributed by atoms with Crippen LogP contribution in [0.25, 0.3) is 0 Å². The Hall–Kier alpha value is -2.09. The van der Waals surface area contributed by atoms with Crippen LogP contribution in [0.15, 0.2) is 30.3 Å². The number of amides is 1. The molecule has 0 bridgehead atoms. The molecule has 114 valence electrons. The van der Waals surface area contributed by atoms with Crippen LogP contribution in [-0.4, -0.2) is 48.9 Å². The normalized spacial score (nSPS) is 22.2. The first-order valence-electron chi connectivity index (χ1n) is 6.00. The van der Waals surface area contributed by atoms with E-state index < -0.39 is 36.9 Å². The van der Waals surface area contributed by atoms with Gasteiger partial charge in [0.05, 0.1) is 13.7 Å². The van der Waals surface area contributed by atoms with E-state index in [4.69, 9.17) is 0 Å². The molecule has 2 rings (SSSR count). The van der Waals surface area contributed by atoms with Crippen LogP contribution in [0.1, 0.15) is 10.4 Å². The first-order valence-corrected chi connectivity index (χ1v) is 6.00. The van der Waals surface area contributed by atoms with Gasteiger partial charge in [-0.3, -0.25) is 9.69 Å². The van der Waals surface area contributed by atoms with E-state index in [0.29, 0.717) is 4.90 Å². The van der Waals surface area contributed by atoms with E-state index >= 15 is 0 Å². The number of carbonyl (C=O) groups is 2. The molecule has 2 atom stereocenters. The Kier molecular flexibility index (Phi) is 4.17. The van der Waals surface area contributed by atoms with Gasteiger partial charge in [0, 0.05) is 5.56 Å². The summed E-state index contributed by atoms with van der Waals surface area (Å²) >= 11 is 0. The lowest BCUT2D eigenvalue weighted by atomic mass is 10.1. The number of methoxy groups -OCH3 is 1. The summed E-state index contributed by atoms with van der Waals surface area (Å²) in [7, 11) is 1.04. The summed E-state index contributed by atoms with van der Waals surface area (Å²) in [6, 6.07) is 5.95. The van der Waals surface area contributed by atoms with Crippen molar-refractivity contribution in [2.75, 3.05) is 13.7 Å². The van der Waals surface area contributed by atoms with E-state index in [1.807, 2.05) is 0 Å². The lowest BCUT2D eigenvalue weighted by Crippen LogP contribution is -2.51. The average Bonchev–Trinajstić information content (AvgIpc) is 2.91. The number of alkyl halides is 3. The Labute approximate surface area is 118 Å². The Morgan fingerprint density at radius 2 is 1.90 bits per heavy atom. The molecule has 0 unspecified atom stereocenters. The maximum atomic E-state index is 13.0. The summed E-state index contributed by atoms with van der Waals surface area (Å²) in [4.78, 5) is 24.2. The zero-order valence-electron chi connectivity index (χ0n) is 11.0. The molecule has 0 aromatic heterocycles. The minimum Gasteiger partial charge on any atom is -0.467 e. The van der Waals surface area contributed by atoms with Crippen molar-refractivity contribution in [2.24, 2.45) is 0 Å². The van der Waals surface area contributed by atoms with Crippen LogP contribution in [0.5, 0.6) is 0 Å². The molecular weight excluding hydrogens is 291 g/mol. The van der Waals surface area contributed by atoms with Gasteiger partial charge in [0.1, 0.15) is 0 Å². The second-order valence-electron chi connectivity index (χ2n) is 4.34. The van der Waals surface area contributed by atoms with Crippen molar-refractivity contribution in [3.05, 3.63) is 35.9 Å². The molecule has 0 spiro atoms. The molecule has 0 saturated carbocycles. The number of hydrogen-bond acceptors (Lipinski definition) is 4. The molecule has 21 heavy (non-hydrogen) atoms. The van der Waals surface area contributed by atoms with E-state index in [1.165, 1.54) is 24.3 Å². The monoisotopic (exact) mass is 303 g/mol. The van der Waals surface area contributed by atoms with E-state index in [9.17, 15) is 22.8 Å². The lowest BCUT2D eigenvalue weighted by molar-refractivity contribution is -0.233. The van der Waals surface area contributed by atoms with E-state index in [0.717, 1.165) is 7.11 Å². The summed E-state index contributed by atoms with van der Waals surface area (Å²) in [5, 5.41) is 0. The van der Waals surface area contributed by atoms with Crippen LogP contribution in [0.2, 0.25) is 0 Å². The van der Waals surface area contributed by atoms with Gasteiger partial charge in [0.15, 0.2) is 6.04 Å². The quantitative estimate of drug-likeness (QED) is 0.779. The molecule has 8 heteroatoms. The molecule has 0 N–H and O–H groups in total. The number of halogens is 3. The zero-order chi connectivity index (χ0) is 15.6. The molecule has 1 amide bonds. The summed E-state index contributed by atoms with van der Waals surface area (Å²) < 4.78 is 47.9. The van der Waals surface area contributed by atoms with Crippen molar-refractivity contribution < 1.29 is 32.2 Å². The Morgan fingerprint density at radius 1 is 1.29 bits per heavy atom. The number of nitrogens with zero attached hydrogens (tertiary/aromatic N) is 1. The fourth-order valence-electron chi connectivity index (χ4n) is 2.05. The van der Waals surface area contributed by atoms with Crippen LogP contribution in [-0.2, 0) is 14.3 Å². The van der Waals surface area contributed by atoms with E-state index in [-0.39, 0.29) is 5.56 Å². The molecule has 0 radical (unpaired) electrons. The number of esters is 1. The molecule has 1 aromatic carbocycles. The van der Waals surface area contributed by atoms with Crippen LogP contribution in [0.3, 0.4) is 0 Å². The third kappa shape index (κ3) is 2.99. The number of hydrogen-bond donors (Lipinski definition) is 0. The molecule has 0 aliphatic carbocycles. The molecule has 1 aliphatic rings. The largest absolute Gasteiger partial charge is 0.467 e. The maximum Gasteiger partial charge on any atom is 0.433 e. The van der Waals surface area contributed by atoms with Crippen LogP contribution in [0.4, 0.5) is 13.2 Å². The Morgan fingerprint density at radius 3 is 2.43 bits per heavy atom. The molecule has 1 heterocycles. The summed E-state index contributed by atoms with van der Waals surface area (Å²) in [5.41, 5.74) is 0.0335. The van der Waals surface area contributed by atoms with Crippen molar-refractivity contribution in [3.8, 4) is 0 Å². The van der Waals surface area contributed by atoms with Gasteiger partial charge in [-0.25, -0.2) is 4.79 Å². The second-order valence-corrected chi connectivity index (χ2v) is 4.34. The van der Waals surface area contributed by atoms with Gasteiger partial charge in [-0.1, -0.05) is 18.2 Å². The van der Waals surface area contributed by atoms with Crippen LogP contribution >= 0.6 is 0 Å². The fraction of sp³-hybridized carbons (Fsp3) is 0.385. The number of benzene rings is 1. The fourth-order valence-corrected chi connectivity index (χ4v) is 2.05. The molecule has 1 aromatic rings. The SMILES string of the molecule is COC(=O)[C@@H]1CO[C@@H](C(F)(F)F)N1C(=O)c1ccccc1. The summed E-state index contributed by atoms with van der Waals surface area (Å²) in [5.74, 6) is -1.89. The van der Waals surface area contributed by atoms with Crippen molar-refractivity contribution in [2.45, 2.75) is 18.4 Å². The van der Waals surface area contributed by atoms with Gasteiger partial charge >= 0.3 is 12.1 Å². The molecular formula is C13H12F3NO4. The minimum atomic E-state index is -4.80. The maximum absolute atomic E-state index is 13.0. The predicted octanol–water partition coefficient (Wildman–Crippen LogP) is 1.59. The third-order valence-corrected chi connectivity index (χ3v) is 3.01. The van der Waals surface area contributed by atoms with Crippen LogP contribution in [0, 0.1) is 0 Å². The van der Waals surface area contributed by atoms with E-state index in [1.54, 1.807) is 6.07 Å². The van der Waals surface area contributed by atoms with Crippen molar-refractivity contribution in [3.63, 3.8) is 0 Å². The highest BCUT2D eigenvalue weighted by Crippen LogP contribution is 2.33. The predicted molar refractivity (Wildman–Crippen MR) is 64.2 cm³/mol. The minimum absolute atomic E-state index is 0.0335. The Balaban J connectivity index is 2.36. The second kappa shape index (κ2) is 5.72. The van der Waals surface area contributed by atoms with Gasteiger partial charge in [0.2, 0.25) is 6.23 Å². The number of rotatable bonds is 2. The summed E-state index contributed by atoms with van der Waals surface area (Å²) in [6.45, 7) is -0.560. The van der Waals surface area contributed by atoms with Gasteiger partial charge in [-0.15, -0.1) is 0 Å². The molecule has 1 aliphatic heterocycles. The highest BCUT2D eigenvalue weighted by Gasteiger charge is 2.55. The highest BCUT2D eigenvalue weighted by atomic mass is 19.4. The molecule has 1 saturated heterocycles. The lowest BCUT2D eigenvalue weighted by Gasteiger charge is -2.28. The van der Waals surface area contributed by atoms with Crippen LogP contribution < -0.4 is 0 Å². The van der Waals surface area contributed by atoms with Gasteiger partial charge in [0.25, 0.3) is 5.91 Å². The first-order chi connectivity index (χ1) is 9.86. The van der Waals surface area contributed by atoms with Gasteiger partial charge < -0.3 is 9.47 Å². The number of ether oxygens (including phenoxy) is 2. The number of carbonyl (C=O) groups excluding carboxylic acids is 2. The van der Waals surface area contributed by atoms with Crippen molar-refractivity contribution >= 4 is 11.9 Å². The Bertz CT molecular complexity index is 532. The summed E-state index contributed by atoms with van der Waals surface area (Å²) in [6.07, 6.45) is -7.26. The third-order valence-electron chi connectivity index (χ3n) is 3.01. The molecule has 1 fully saturated rings. The average molecular weight is 303 g/mol. The van der Waals surface area contributed by atoms with Gasteiger partial charge in [-0.05, 0) is 12.1 Å².